The van der Waals surface area contributed by atoms with Gasteiger partial charge >= 0.3 is 0 Å². The maximum atomic E-state index is 9.30. The zero-order chi connectivity index (χ0) is 11.1. The van der Waals surface area contributed by atoms with E-state index >= 15 is 0 Å². The first-order valence-corrected chi connectivity index (χ1v) is 4.82. The first-order valence-electron chi connectivity index (χ1n) is 4.82. The molecule has 0 saturated heterocycles. The van der Waals surface area contributed by atoms with Crippen molar-refractivity contribution in [1.29, 1.82) is 0 Å². The number of allylic oxidation sites excluding steroid dienone is 6. The van der Waals surface area contributed by atoms with Gasteiger partial charge in [-0.1, -0.05) is 30.9 Å². The molecule has 1 aromatic carbocycles. The first-order chi connectivity index (χ1) is 7.22. The normalized spacial score (nSPS) is 11.4. The zero-order valence-electron chi connectivity index (χ0n) is 9.20. The van der Waals surface area contributed by atoms with Gasteiger partial charge < -0.3 is 5.11 Å². The van der Waals surface area contributed by atoms with Gasteiger partial charge in [0.1, 0.15) is 5.76 Å². The molecule has 0 unspecified atom stereocenters. The number of hydrogen-bond acceptors (Lipinski definition) is 1. The molecule has 0 saturated carbocycles. The summed E-state index contributed by atoms with van der Waals surface area (Å²) in [5.74, 6) is 0.282. The van der Waals surface area contributed by atoms with E-state index in [4.69, 9.17) is 0 Å². The van der Waals surface area contributed by atoms with Gasteiger partial charge in [-0.05, 0) is 12.5 Å². The molecular weight excluding hydrogens is 240 g/mol. The molecule has 1 aromatic rings. The minimum Gasteiger partial charge on any atom is -0.507 e. The van der Waals surface area contributed by atoms with Crippen LogP contribution >= 0.6 is 0 Å². The van der Waals surface area contributed by atoms with Crippen molar-refractivity contribution >= 4 is 0 Å². The largest absolute Gasteiger partial charge is 0.507 e. The number of rotatable bonds is 1. The molecule has 0 atom stereocenters. The molecule has 0 amide bonds. The van der Waals surface area contributed by atoms with Crippen molar-refractivity contribution in [3.05, 3.63) is 78.1 Å². The van der Waals surface area contributed by atoms with E-state index in [0.717, 1.165) is 5.57 Å². The number of aliphatic hydroxyl groups is 1. The van der Waals surface area contributed by atoms with Gasteiger partial charge in [-0.15, -0.1) is 0 Å². The summed E-state index contributed by atoms with van der Waals surface area (Å²) in [6.45, 7) is 5.40. The molecule has 0 aromatic heterocycles. The Labute approximate surface area is 107 Å². The molecule has 1 aliphatic rings. The van der Waals surface area contributed by atoms with E-state index in [-0.39, 0.29) is 22.8 Å². The summed E-state index contributed by atoms with van der Waals surface area (Å²) in [5, 5.41) is 9.30. The van der Waals surface area contributed by atoms with Gasteiger partial charge in [0.25, 0.3) is 0 Å². The van der Waals surface area contributed by atoms with Crippen LogP contribution in [-0.2, 0) is 17.1 Å². The van der Waals surface area contributed by atoms with Crippen LogP contribution in [0.2, 0.25) is 0 Å². The van der Waals surface area contributed by atoms with E-state index in [1.807, 2.05) is 54.6 Å². The van der Waals surface area contributed by atoms with Crippen LogP contribution in [0.15, 0.2) is 78.1 Å². The number of hydrogen-bond donors (Lipinski definition) is 1. The Balaban J connectivity index is 0.000000318. The van der Waals surface area contributed by atoms with Gasteiger partial charge in [0.15, 0.2) is 0 Å². The van der Waals surface area contributed by atoms with Crippen molar-refractivity contribution in [2.45, 2.75) is 6.92 Å². The summed E-state index contributed by atoms with van der Waals surface area (Å²) in [7, 11) is 0. The van der Waals surface area contributed by atoms with Crippen LogP contribution in [0.3, 0.4) is 0 Å². The fourth-order valence-corrected chi connectivity index (χ4v) is 1.10. The molecule has 2 heteroatoms. The molecule has 1 aliphatic carbocycles. The van der Waals surface area contributed by atoms with Crippen LogP contribution in [0.5, 0.6) is 0 Å². The van der Waals surface area contributed by atoms with Crippen molar-refractivity contribution in [1.82, 2.24) is 0 Å². The van der Waals surface area contributed by atoms with Gasteiger partial charge in [0.05, 0.1) is 0 Å². The molecule has 86 valence electrons. The van der Waals surface area contributed by atoms with Gasteiger partial charge in [-0.2, -0.15) is 18.2 Å². The van der Waals surface area contributed by atoms with Crippen LogP contribution in [-0.4, -0.2) is 5.11 Å². The average molecular weight is 255 g/mol. The zero-order valence-corrected chi connectivity index (χ0v) is 10.3. The van der Waals surface area contributed by atoms with Crippen molar-refractivity contribution in [2.24, 2.45) is 0 Å². The van der Waals surface area contributed by atoms with Crippen LogP contribution < -0.4 is 0 Å². The second-order valence-corrected chi connectivity index (χ2v) is 3.26. The van der Waals surface area contributed by atoms with Crippen molar-refractivity contribution < 1.29 is 22.2 Å². The smallest absolute Gasteiger partial charge is 0.125 e. The maximum absolute atomic E-state index is 9.30. The van der Waals surface area contributed by atoms with Crippen LogP contribution in [0.4, 0.5) is 0 Å². The monoisotopic (exact) mass is 255 g/mol. The maximum Gasteiger partial charge on any atom is 0.125 e. The fraction of sp³-hybridized carbons (Fsp3) is 0.0714. The van der Waals surface area contributed by atoms with Crippen molar-refractivity contribution in [2.75, 3.05) is 0 Å². The molecule has 0 radical (unpaired) electrons. The first kappa shape index (κ1) is 14.6. The summed E-state index contributed by atoms with van der Waals surface area (Å²) in [6.07, 6.45) is 7.47. The predicted molar refractivity (Wildman–Crippen MR) is 64.8 cm³/mol. The standard InChI is InChI=1S/C9H10O.C5H5.Fe/c1-7(2)9(10)8-5-3-4-6-8;1-2-4-5-3-1;/h3-6,10H,1H2,2H3;1-5H;/q;-1;. The molecule has 0 bridgehead atoms. The van der Waals surface area contributed by atoms with E-state index in [2.05, 4.69) is 6.58 Å². The van der Waals surface area contributed by atoms with Gasteiger partial charge in [-0.3, -0.25) is 0 Å². The molecule has 0 aliphatic heterocycles. The Morgan fingerprint density at radius 3 is 2.00 bits per heavy atom. The quantitative estimate of drug-likeness (QED) is 0.458. The second-order valence-electron chi connectivity index (χ2n) is 3.26. The molecule has 1 nitrogen and oxygen atoms in total. The molecular formula is C14H15FeO-. The number of aliphatic hydroxyl groups excluding tert-OH is 1. The Hall–Kier alpha value is -1.37. The topological polar surface area (TPSA) is 20.2 Å². The predicted octanol–water partition coefficient (Wildman–Crippen LogP) is 3.90. The average Bonchev–Trinajstić information content (AvgIpc) is 2.92. The minimum absolute atomic E-state index is 0. The van der Waals surface area contributed by atoms with Crippen LogP contribution in [0.1, 0.15) is 6.92 Å². The molecule has 1 N–H and O–H groups in total. The Bertz CT molecular complexity index is 363. The molecule has 0 heterocycles. The summed E-state index contributed by atoms with van der Waals surface area (Å²) < 4.78 is 0. The van der Waals surface area contributed by atoms with Crippen LogP contribution in [0.25, 0.3) is 0 Å². The van der Waals surface area contributed by atoms with Crippen LogP contribution in [0, 0.1) is 0 Å². The Kier molecular flexibility index (Phi) is 7.19. The van der Waals surface area contributed by atoms with E-state index in [1.165, 1.54) is 0 Å². The Morgan fingerprint density at radius 2 is 1.69 bits per heavy atom. The summed E-state index contributed by atoms with van der Waals surface area (Å²) in [4.78, 5) is 0. The summed E-state index contributed by atoms with van der Waals surface area (Å²) >= 11 is 0. The van der Waals surface area contributed by atoms with E-state index in [1.54, 1.807) is 6.92 Å². The van der Waals surface area contributed by atoms with E-state index < -0.39 is 0 Å². The molecule has 2 rings (SSSR count). The van der Waals surface area contributed by atoms with E-state index in [9.17, 15) is 5.11 Å². The van der Waals surface area contributed by atoms with Crippen molar-refractivity contribution in [3.63, 3.8) is 0 Å². The molecule has 16 heavy (non-hydrogen) atoms. The molecule has 0 spiro atoms. The molecule has 0 fully saturated rings. The summed E-state index contributed by atoms with van der Waals surface area (Å²) in [6, 6.07) is 10.0. The van der Waals surface area contributed by atoms with Crippen molar-refractivity contribution in [3.8, 4) is 0 Å². The SMILES string of the molecule is C=C(C)C(O)=C1C=CC=C1.[Fe].c1cc[cH-]c1. The second kappa shape index (κ2) is 7.86. The minimum atomic E-state index is 0. The van der Waals surface area contributed by atoms with Gasteiger partial charge in [0, 0.05) is 22.6 Å². The third-order valence-corrected chi connectivity index (χ3v) is 1.90. The Morgan fingerprint density at radius 1 is 1.19 bits per heavy atom. The third kappa shape index (κ3) is 4.92. The third-order valence-electron chi connectivity index (χ3n) is 1.90. The van der Waals surface area contributed by atoms with E-state index in [0.29, 0.717) is 5.57 Å². The summed E-state index contributed by atoms with van der Waals surface area (Å²) in [5.41, 5.74) is 1.54. The van der Waals surface area contributed by atoms with Gasteiger partial charge in [-0.25, -0.2) is 12.1 Å². The fourth-order valence-electron chi connectivity index (χ4n) is 1.10. The van der Waals surface area contributed by atoms with Gasteiger partial charge in [0.2, 0.25) is 0 Å².